The lowest BCUT2D eigenvalue weighted by molar-refractivity contribution is -0.132. The van der Waals surface area contributed by atoms with Gasteiger partial charge < -0.3 is 4.90 Å². The van der Waals surface area contributed by atoms with E-state index in [9.17, 15) is 13.2 Å². The van der Waals surface area contributed by atoms with Crippen LogP contribution < -0.4 is 0 Å². The number of benzene rings is 2. The lowest BCUT2D eigenvalue weighted by Crippen LogP contribution is -2.42. The molecule has 2 aromatic rings. The molecule has 5 heteroatoms. The Morgan fingerprint density at radius 2 is 1.92 bits per heavy atom. The molecule has 0 bridgehead atoms. The first-order chi connectivity index (χ1) is 11.5. The molecular weight excluding hydrogens is 322 g/mol. The zero-order valence-corrected chi connectivity index (χ0v) is 14.8. The third-order valence-electron chi connectivity index (χ3n) is 4.66. The summed E-state index contributed by atoms with van der Waals surface area (Å²) in [5, 5.41) is 2.21. The second-order valence-corrected chi connectivity index (χ2v) is 8.69. The Balaban J connectivity index is 1.83. The van der Waals surface area contributed by atoms with Gasteiger partial charge in [0.2, 0.25) is 5.91 Å². The van der Waals surface area contributed by atoms with Gasteiger partial charge in [-0.05, 0) is 29.2 Å². The van der Waals surface area contributed by atoms with E-state index in [1.807, 2.05) is 49.4 Å². The van der Waals surface area contributed by atoms with Gasteiger partial charge in [-0.25, -0.2) is 8.42 Å². The van der Waals surface area contributed by atoms with Gasteiger partial charge in [-0.1, -0.05) is 49.4 Å². The molecule has 1 aliphatic rings. The standard InChI is InChI=1S/C19H23NO3S/c1-2-11-20(17-10-12-24(22,23)14-17)19(21)13-16-8-5-7-15-6-3-4-9-18(15)16/h3-9,17H,2,10-14H2,1H3. The maximum atomic E-state index is 12.9. The van der Waals surface area contributed by atoms with E-state index in [1.54, 1.807) is 4.90 Å². The first kappa shape index (κ1) is 17.0. The fourth-order valence-corrected chi connectivity index (χ4v) is 5.21. The lowest BCUT2D eigenvalue weighted by atomic mass is 10.0. The minimum Gasteiger partial charge on any atom is -0.338 e. The molecule has 24 heavy (non-hydrogen) atoms. The largest absolute Gasteiger partial charge is 0.338 e. The molecule has 0 aromatic heterocycles. The first-order valence-electron chi connectivity index (χ1n) is 8.46. The highest BCUT2D eigenvalue weighted by atomic mass is 32.2. The summed E-state index contributed by atoms with van der Waals surface area (Å²) in [5.41, 5.74) is 1.00. The smallest absolute Gasteiger partial charge is 0.227 e. The number of nitrogens with zero attached hydrogens (tertiary/aromatic N) is 1. The van der Waals surface area contributed by atoms with Gasteiger partial charge in [-0.2, -0.15) is 0 Å². The van der Waals surface area contributed by atoms with Crippen molar-refractivity contribution in [3.05, 3.63) is 48.0 Å². The number of carbonyl (C=O) groups is 1. The zero-order chi connectivity index (χ0) is 17.2. The molecule has 3 rings (SSSR count). The van der Waals surface area contributed by atoms with E-state index >= 15 is 0 Å². The molecule has 128 valence electrons. The van der Waals surface area contributed by atoms with E-state index in [4.69, 9.17) is 0 Å². The second-order valence-electron chi connectivity index (χ2n) is 6.46. The Hall–Kier alpha value is -1.88. The minimum atomic E-state index is -2.99. The van der Waals surface area contributed by atoms with Gasteiger partial charge in [0.1, 0.15) is 0 Å². The number of sulfone groups is 1. The molecule has 4 nitrogen and oxygen atoms in total. The van der Waals surface area contributed by atoms with Crippen LogP contribution in [-0.4, -0.2) is 43.3 Å². The first-order valence-corrected chi connectivity index (χ1v) is 10.3. The summed E-state index contributed by atoms with van der Waals surface area (Å²) in [6.07, 6.45) is 1.71. The molecule has 1 saturated heterocycles. The molecule has 1 aliphatic heterocycles. The Kier molecular flexibility index (Phi) is 4.90. The van der Waals surface area contributed by atoms with Gasteiger partial charge in [-0.15, -0.1) is 0 Å². The Morgan fingerprint density at radius 3 is 2.62 bits per heavy atom. The second kappa shape index (κ2) is 6.93. The average Bonchev–Trinajstić information content (AvgIpc) is 2.92. The van der Waals surface area contributed by atoms with Crippen LogP contribution in [0.4, 0.5) is 0 Å². The fraction of sp³-hybridized carbons (Fsp3) is 0.421. The van der Waals surface area contributed by atoms with E-state index in [-0.39, 0.29) is 23.5 Å². The van der Waals surface area contributed by atoms with Crippen molar-refractivity contribution in [2.24, 2.45) is 0 Å². The molecular formula is C19H23NO3S. The predicted molar refractivity (Wildman–Crippen MR) is 96.7 cm³/mol. The third-order valence-corrected chi connectivity index (χ3v) is 6.41. The zero-order valence-electron chi connectivity index (χ0n) is 13.9. The summed E-state index contributed by atoms with van der Waals surface area (Å²) in [6, 6.07) is 13.8. The summed E-state index contributed by atoms with van der Waals surface area (Å²) in [4.78, 5) is 14.7. The quantitative estimate of drug-likeness (QED) is 0.837. The van der Waals surface area contributed by atoms with Gasteiger partial charge in [0.25, 0.3) is 0 Å². The van der Waals surface area contributed by atoms with Crippen molar-refractivity contribution < 1.29 is 13.2 Å². The summed E-state index contributed by atoms with van der Waals surface area (Å²) in [6.45, 7) is 2.63. The number of rotatable bonds is 5. The molecule has 2 aromatic carbocycles. The van der Waals surface area contributed by atoms with Crippen LogP contribution >= 0.6 is 0 Å². The van der Waals surface area contributed by atoms with Crippen LogP contribution in [0.5, 0.6) is 0 Å². The highest BCUT2D eigenvalue weighted by molar-refractivity contribution is 7.91. The van der Waals surface area contributed by atoms with Gasteiger partial charge in [0.05, 0.1) is 17.9 Å². The van der Waals surface area contributed by atoms with Gasteiger partial charge in [-0.3, -0.25) is 4.79 Å². The van der Waals surface area contributed by atoms with Crippen LogP contribution in [-0.2, 0) is 21.1 Å². The molecule has 0 spiro atoms. The van der Waals surface area contributed by atoms with Crippen molar-refractivity contribution >= 4 is 26.5 Å². The van der Waals surface area contributed by atoms with E-state index in [0.29, 0.717) is 19.4 Å². The Morgan fingerprint density at radius 1 is 1.17 bits per heavy atom. The fourth-order valence-electron chi connectivity index (χ4n) is 3.48. The van der Waals surface area contributed by atoms with Crippen molar-refractivity contribution in [1.82, 2.24) is 4.90 Å². The summed E-state index contributed by atoms with van der Waals surface area (Å²) >= 11 is 0. The van der Waals surface area contributed by atoms with E-state index in [0.717, 1.165) is 22.8 Å². The molecule has 1 fully saturated rings. The van der Waals surface area contributed by atoms with Crippen LogP contribution in [0.3, 0.4) is 0 Å². The molecule has 1 heterocycles. The van der Waals surface area contributed by atoms with Gasteiger partial charge in [0, 0.05) is 12.6 Å². The molecule has 1 amide bonds. The average molecular weight is 345 g/mol. The van der Waals surface area contributed by atoms with Gasteiger partial charge in [0.15, 0.2) is 9.84 Å². The normalized spacial score (nSPS) is 19.5. The maximum absolute atomic E-state index is 12.9. The summed E-state index contributed by atoms with van der Waals surface area (Å²) < 4.78 is 23.5. The summed E-state index contributed by atoms with van der Waals surface area (Å²) in [7, 11) is -2.99. The van der Waals surface area contributed by atoms with E-state index in [2.05, 4.69) is 0 Å². The Bertz CT molecular complexity index is 839. The number of fused-ring (bicyclic) bond motifs is 1. The van der Waals surface area contributed by atoms with Crippen LogP contribution in [0.2, 0.25) is 0 Å². The van der Waals surface area contributed by atoms with Crippen molar-refractivity contribution in [2.75, 3.05) is 18.1 Å². The highest BCUT2D eigenvalue weighted by Crippen LogP contribution is 2.22. The SMILES string of the molecule is CCCN(C(=O)Cc1cccc2ccccc12)C1CCS(=O)(=O)C1. The minimum absolute atomic E-state index is 0.0234. The van der Waals surface area contributed by atoms with E-state index < -0.39 is 9.84 Å². The number of amides is 1. The summed E-state index contributed by atoms with van der Waals surface area (Å²) in [5.74, 6) is 0.323. The number of hydrogen-bond donors (Lipinski definition) is 0. The van der Waals surface area contributed by atoms with Crippen molar-refractivity contribution in [3.8, 4) is 0 Å². The molecule has 1 atom stereocenters. The van der Waals surface area contributed by atoms with Crippen molar-refractivity contribution in [2.45, 2.75) is 32.2 Å². The van der Waals surface area contributed by atoms with Crippen LogP contribution in [0.1, 0.15) is 25.3 Å². The van der Waals surface area contributed by atoms with E-state index in [1.165, 1.54) is 0 Å². The molecule has 0 N–H and O–H groups in total. The lowest BCUT2D eigenvalue weighted by Gasteiger charge is -2.28. The molecule has 0 aliphatic carbocycles. The van der Waals surface area contributed by atoms with Crippen molar-refractivity contribution in [3.63, 3.8) is 0 Å². The highest BCUT2D eigenvalue weighted by Gasteiger charge is 2.34. The van der Waals surface area contributed by atoms with Crippen LogP contribution in [0, 0.1) is 0 Å². The molecule has 0 radical (unpaired) electrons. The topological polar surface area (TPSA) is 54.5 Å². The molecule has 1 unspecified atom stereocenters. The molecule has 0 saturated carbocycles. The Labute approximate surface area is 143 Å². The van der Waals surface area contributed by atoms with Gasteiger partial charge >= 0.3 is 0 Å². The number of hydrogen-bond acceptors (Lipinski definition) is 3. The number of carbonyl (C=O) groups excluding carboxylic acids is 1. The maximum Gasteiger partial charge on any atom is 0.227 e. The monoisotopic (exact) mass is 345 g/mol. The van der Waals surface area contributed by atoms with Crippen molar-refractivity contribution in [1.29, 1.82) is 0 Å². The van der Waals surface area contributed by atoms with Crippen LogP contribution in [0.15, 0.2) is 42.5 Å². The third kappa shape index (κ3) is 3.61. The predicted octanol–water partition coefficient (Wildman–Crippen LogP) is 2.81. The van der Waals surface area contributed by atoms with Crippen LogP contribution in [0.25, 0.3) is 10.8 Å².